The molecular formula is C17H16F3N5O3S. The molecule has 0 aliphatic heterocycles. The quantitative estimate of drug-likeness (QED) is 0.594. The summed E-state index contributed by atoms with van der Waals surface area (Å²) in [7, 11) is -3.72. The number of aliphatic hydroxyl groups is 1. The highest BCUT2D eigenvalue weighted by Gasteiger charge is 2.29. The van der Waals surface area contributed by atoms with E-state index in [9.17, 15) is 21.6 Å². The van der Waals surface area contributed by atoms with Gasteiger partial charge >= 0.3 is 6.18 Å². The number of aliphatic hydroxyl groups excluding tert-OH is 1. The third-order valence-corrected chi connectivity index (χ3v) is 5.36. The lowest BCUT2D eigenvalue weighted by molar-refractivity contribution is -0.137. The Morgan fingerprint density at radius 3 is 2.28 bits per heavy atom. The van der Waals surface area contributed by atoms with Gasteiger partial charge in [-0.15, -0.1) is 10.2 Å². The van der Waals surface area contributed by atoms with E-state index < -0.39 is 21.8 Å². The number of nitrogens with one attached hydrogen (secondary N) is 1. The van der Waals surface area contributed by atoms with Crippen LogP contribution in [0, 0.1) is 0 Å². The molecule has 0 saturated carbocycles. The third-order valence-electron chi connectivity index (χ3n) is 3.88. The number of sulfonamides is 1. The Hall–Kier alpha value is -2.83. The van der Waals surface area contributed by atoms with Gasteiger partial charge in [0.15, 0.2) is 0 Å². The number of tetrazole rings is 1. The van der Waals surface area contributed by atoms with E-state index in [1.165, 1.54) is 41.2 Å². The number of benzene rings is 2. The lowest BCUT2D eigenvalue weighted by Gasteiger charge is -2.07. The van der Waals surface area contributed by atoms with Gasteiger partial charge in [0.1, 0.15) is 0 Å². The van der Waals surface area contributed by atoms with Crippen LogP contribution in [0.2, 0.25) is 0 Å². The molecule has 2 aromatic carbocycles. The summed E-state index contributed by atoms with van der Waals surface area (Å²) in [4.78, 5) is 1.25. The van der Waals surface area contributed by atoms with Crippen molar-refractivity contribution < 1.29 is 26.7 Å². The van der Waals surface area contributed by atoms with Gasteiger partial charge in [0, 0.05) is 12.1 Å². The highest BCUT2D eigenvalue weighted by atomic mass is 32.2. The minimum Gasteiger partial charge on any atom is -0.395 e. The van der Waals surface area contributed by atoms with Gasteiger partial charge in [0.25, 0.3) is 0 Å². The van der Waals surface area contributed by atoms with E-state index >= 15 is 0 Å². The monoisotopic (exact) mass is 427 g/mol. The molecule has 0 aliphatic carbocycles. The van der Waals surface area contributed by atoms with E-state index in [1.807, 2.05) is 0 Å². The summed E-state index contributed by atoms with van der Waals surface area (Å²) >= 11 is 0. The van der Waals surface area contributed by atoms with Crippen LogP contribution in [0.1, 0.15) is 11.1 Å². The first kappa shape index (κ1) is 20.9. The molecule has 0 spiro atoms. The largest absolute Gasteiger partial charge is 0.416 e. The van der Waals surface area contributed by atoms with E-state index in [4.69, 9.17) is 5.11 Å². The maximum atomic E-state index is 12.6. The Balaban J connectivity index is 1.71. The average Bonchev–Trinajstić information content (AvgIpc) is 3.15. The molecule has 29 heavy (non-hydrogen) atoms. The van der Waals surface area contributed by atoms with Crippen molar-refractivity contribution in [3.8, 4) is 11.4 Å². The van der Waals surface area contributed by atoms with Crippen molar-refractivity contribution in [1.82, 2.24) is 24.9 Å². The number of hydrogen-bond acceptors (Lipinski definition) is 6. The Morgan fingerprint density at radius 2 is 1.69 bits per heavy atom. The summed E-state index contributed by atoms with van der Waals surface area (Å²) < 4.78 is 64.0. The van der Waals surface area contributed by atoms with Crippen molar-refractivity contribution in [2.24, 2.45) is 0 Å². The highest BCUT2D eigenvalue weighted by Crippen LogP contribution is 2.29. The molecule has 8 nitrogen and oxygen atoms in total. The summed E-state index contributed by atoms with van der Waals surface area (Å²) in [6.45, 7) is -0.282. The van der Waals surface area contributed by atoms with Crippen molar-refractivity contribution in [1.29, 1.82) is 0 Å². The van der Waals surface area contributed by atoms with E-state index in [1.54, 1.807) is 0 Å². The van der Waals surface area contributed by atoms with Crippen molar-refractivity contribution in [2.75, 3.05) is 13.2 Å². The molecule has 1 aromatic heterocycles. The van der Waals surface area contributed by atoms with Gasteiger partial charge in [-0.05, 0) is 47.2 Å². The molecule has 0 unspecified atom stereocenters. The minimum atomic E-state index is -4.40. The van der Waals surface area contributed by atoms with Crippen LogP contribution in [-0.2, 0) is 22.7 Å². The standard InChI is InChI=1S/C17H16F3N5O3S/c18-17(19,20)14-5-1-12(2-6-14)11-25-23-16(22-24-25)13-3-7-15(8-4-13)29(27,28)21-9-10-26/h1-8,21,26H,9-11H2. The van der Waals surface area contributed by atoms with Crippen LogP contribution < -0.4 is 4.72 Å². The smallest absolute Gasteiger partial charge is 0.395 e. The van der Waals surface area contributed by atoms with Gasteiger partial charge in [-0.25, -0.2) is 13.1 Å². The van der Waals surface area contributed by atoms with E-state index in [0.717, 1.165) is 12.1 Å². The molecule has 0 bridgehead atoms. The zero-order chi connectivity index (χ0) is 21.1. The van der Waals surface area contributed by atoms with Crippen molar-refractivity contribution in [3.63, 3.8) is 0 Å². The minimum absolute atomic E-state index is 0.0202. The second kappa shape index (κ2) is 8.27. The fraction of sp³-hybridized carbons (Fsp3) is 0.235. The van der Waals surface area contributed by atoms with E-state index in [2.05, 4.69) is 20.1 Å². The molecule has 0 fully saturated rings. The number of nitrogens with zero attached hydrogens (tertiary/aromatic N) is 4. The molecule has 0 amide bonds. The average molecular weight is 427 g/mol. The Kier molecular flexibility index (Phi) is 5.96. The van der Waals surface area contributed by atoms with Gasteiger partial charge in [0.2, 0.25) is 15.8 Å². The van der Waals surface area contributed by atoms with E-state index in [-0.39, 0.29) is 30.4 Å². The number of rotatable bonds is 7. The van der Waals surface area contributed by atoms with Crippen LogP contribution >= 0.6 is 0 Å². The molecule has 0 saturated heterocycles. The SMILES string of the molecule is O=S(=O)(NCCO)c1ccc(-c2nnn(Cc3ccc(C(F)(F)F)cc3)n2)cc1. The van der Waals surface area contributed by atoms with Crippen LogP contribution in [0.15, 0.2) is 53.4 Å². The number of aromatic nitrogens is 4. The van der Waals surface area contributed by atoms with Crippen LogP contribution in [0.4, 0.5) is 13.2 Å². The Bertz CT molecular complexity index is 1060. The molecule has 3 rings (SSSR count). The Morgan fingerprint density at radius 1 is 1.03 bits per heavy atom. The first-order valence-electron chi connectivity index (χ1n) is 8.34. The predicted molar refractivity (Wildman–Crippen MR) is 96.1 cm³/mol. The maximum absolute atomic E-state index is 12.6. The molecule has 3 aromatic rings. The molecule has 12 heteroatoms. The zero-order valence-corrected chi connectivity index (χ0v) is 15.7. The van der Waals surface area contributed by atoms with Crippen LogP contribution in [0.3, 0.4) is 0 Å². The second-order valence-corrected chi connectivity index (χ2v) is 7.75. The van der Waals surface area contributed by atoms with Gasteiger partial charge in [-0.3, -0.25) is 0 Å². The molecule has 0 atom stereocenters. The van der Waals surface area contributed by atoms with Crippen LogP contribution in [0.5, 0.6) is 0 Å². The normalized spacial score (nSPS) is 12.3. The number of alkyl halides is 3. The number of halogens is 3. The molecular weight excluding hydrogens is 411 g/mol. The van der Waals surface area contributed by atoms with Crippen molar-refractivity contribution >= 4 is 10.0 Å². The van der Waals surface area contributed by atoms with Crippen LogP contribution in [0.25, 0.3) is 11.4 Å². The van der Waals surface area contributed by atoms with Gasteiger partial charge in [0.05, 0.1) is 23.6 Å². The fourth-order valence-corrected chi connectivity index (χ4v) is 3.46. The van der Waals surface area contributed by atoms with Gasteiger partial charge in [-0.2, -0.15) is 18.0 Å². The first-order chi connectivity index (χ1) is 13.7. The summed E-state index contributed by atoms with van der Waals surface area (Å²) in [6, 6.07) is 10.4. The topological polar surface area (TPSA) is 110 Å². The highest BCUT2D eigenvalue weighted by molar-refractivity contribution is 7.89. The third kappa shape index (κ3) is 5.16. The van der Waals surface area contributed by atoms with Crippen LogP contribution in [-0.4, -0.2) is 46.9 Å². The van der Waals surface area contributed by atoms with Crippen molar-refractivity contribution in [3.05, 3.63) is 59.7 Å². The lowest BCUT2D eigenvalue weighted by atomic mass is 10.1. The van der Waals surface area contributed by atoms with Crippen molar-refractivity contribution in [2.45, 2.75) is 17.6 Å². The zero-order valence-electron chi connectivity index (χ0n) is 14.8. The maximum Gasteiger partial charge on any atom is 0.416 e. The molecule has 154 valence electrons. The van der Waals surface area contributed by atoms with Gasteiger partial charge < -0.3 is 5.11 Å². The molecule has 1 heterocycles. The Labute approximate surface area is 164 Å². The summed E-state index contributed by atoms with van der Waals surface area (Å²) in [5.41, 5.74) is 0.347. The fourth-order valence-electron chi connectivity index (χ4n) is 2.43. The lowest BCUT2D eigenvalue weighted by Crippen LogP contribution is -2.26. The summed E-state index contributed by atoms with van der Waals surface area (Å²) in [5.74, 6) is 0.240. The van der Waals surface area contributed by atoms with E-state index in [0.29, 0.717) is 11.1 Å². The predicted octanol–water partition coefficient (Wildman–Crippen LogP) is 1.68. The summed E-state index contributed by atoms with van der Waals surface area (Å²) in [5, 5.41) is 20.6. The second-order valence-electron chi connectivity index (χ2n) is 5.98. The molecule has 0 aliphatic rings. The molecule has 2 N–H and O–H groups in total. The molecule has 0 radical (unpaired) electrons. The van der Waals surface area contributed by atoms with Gasteiger partial charge in [-0.1, -0.05) is 12.1 Å². The number of hydrogen-bond donors (Lipinski definition) is 2. The summed E-state index contributed by atoms with van der Waals surface area (Å²) in [6.07, 6.45) is -4.40. The first-order valence-corrected chi connectivity index (χ1v) is 9.82.